The molecule has 0 spiro atoms. The number of hydrogen-bond acceptors (Lipinski definition) is 4. The summed E-state index contributed by atoms with van der Waals surface area (Å²) in [5.74, 6) is 0.846. The molecule has 1 aliphatic heterocycles. The maximum absolute atomic E-state index is 13.6. The molecule has 0 saturated carbocycles. The van der Waals surface area contributed by atoms with Gasteiger partial charge in [0.2, 0.25) is 0 Å². The number of aromatic nitrogens is 4. The molecule has 1 aromatic carbocycles. The van der Waals surface area contributed by atoms with Crippen LogP contribution in [-0.2, 0) is 0 Å². The van der Waals surface area contributed by atoms with E-state index in [-0.39, 0.29) is 11.9 Å². The van der Waals surface area contributed by atoms with Crippen LogP contribution < -0.4 is 0 Å². The molecule has 28 heavy (non-hydrogen) atoms. The topological polar surface area (TPSA) is 63.4 Å². The molecular weight excluding hydrogens is 350 g/mol. The Morgan fingerprint density at radius 3 is 3.00 bits per heavy atom. The minimum Gasteiger partial charge on any atom is -0.327 e. The molecule has 1 aliphatic rings. The average molecular weight is 371 g/mol. The Morgan fingerprint density at radius 1 is 1.18 bits per heavy atom. The normalized spacial score (nSPS) is 17.3. The lowest BCUT2D eigenvalue weighted by Gasteiger charge is -2.35. The van der Waals surface area contributed by atoms with Crippen LogP contribution in [0, 0.1) is 6.92 Å². The van der Waals surface area contributed by atoms with Gasteiger partial charge in [-0.3, -0.25) is 14.2 Å². The average Bonchev–Trinajstić information content (AvgIpc) is 3.20. The molecule has 0 radical (unpaired) electrons. The zero-order chi connectivity index (χ0) is 19.1. The molecule has 5 rings (SSSR count). The van der Waals surface area contributed by atoms with Gasteiger partial charge in [-0.25, -0.2) is 9.97 Å². The van der Waals surface area contributed by atoms with E-state index >= 15 is 0 Å². The number of amides is 1. The van der Waals surface area contributed by atoms with E-state index in [9.17, 15) is 4.79 Å². The van der Waals surface area contributed by atoms with Gasteiger partial charge in [0.1, 0.15) is 17.8 Å². The summed E-state index contributed by atoms with van der Waals surface area (Å²) in [5, 5.41) is 1.92. The van der Waals surface area contributed by atoms with Crippen molar-refractivity contribution in [1.29, 1.82) is 0 Å². The minimum absolute atomic E-state index is 0.0296. The third-order valence-corrected chi connectivity index (χ3v) is 5.50. The fourth-order valence-corrected chi connectivity index (χ4v) is 4.19. The summed E-state index contributed by atoms with van der Waals surface area (Å²) >= 11 is 0. The largest absolute Gasteiger partial charge is 0.327 e. The number of carbonyl (C=O) groups excluding carboxylic acids is 1. The van der Waals surface area contributed by atoms with Crippen molar-refractivity contribution in [3.63, 3.8) is 0 Å². The molecule has 3 aromatic heterocycles. The standard InChI is InChI=1S/C22H21N5O/c1-15-12-17-13-23-14-27(17)21(25-15)19-8-4-5-11-26(19)22(28)20-18-7-3-2-6-16(18)9-10-24-20/h2-3,6-7,9-10,12-14,19H,4-5,8,11H2,1H3/t19-/m0/s1. The quantitative estimate of drug-likeness (QED) is 0.535. The number of aryl methyl sites for hydroxylation is 1. The van der Waals surface area contributed by atoms with Crippen molar-refractivity contribution in [1.82, 2.24) is 24.3 Å². The number of pyridine rings is 1. The number of likely N-dealkylation sites (tertiary alicyclic amines) is 1. The smallest absolute Gasteiger partial charge is 0.273 e. The minimum atomic E-state index is -0.0846. The predicted octanol–water partition coefficient (Wildman–Crippen LogP) is 3.95. The molecule has 4 aromatic rings. The summed E-state index contributed by atoms with van der Waals surface area (Å²) in [6, 6.07) is 11.8. The monoisotopic (exact) mass is 371 g/mol. The van der Waals surface area contributed by atoms with Gasteiger partial charge in [-0.15, -0.1) is 0 Å². The molecule has 1 amide bonds. The summed E-state index contributed by atoms with van der Waals surface area (Å²) < 4.78 is 2.00. The van der Waals surface area contributed by atoms with Gasteiger partial charge in [-0.2, -0.15) is 0 Å². The summed E-state index contributed by atoms with van der Waals surface area (Å²) in [7, 11) is 0. The predicted molar refractivity (Wildman–Crippen MR) is 107 cm³/mol. The van der Waals surface area contributed by atoms with Gasteiger partial charge in [0.15, 0.2) is 0 Å². The van der Waals surface area contributed by atoms with Crippen LogP contribution in [0.15, 0.2) is 55.1 Å². The first-order chi connectivity index (χ1) is 13.7. The van der Waals surface area contributed by atoms with Crippen molar-refractivity contribution in [2.24, 2.45) is 0 Å². The number of hydrogen-bond donors (Lipinski definition) is 0. The molecule has 0 aliphatic carbocycles. The number of imidazole rings is 1. The van der Waals surface area contributed by atoms with E-state index in [0.717, 1.165) is 47.1 Å². The third kappa shape index (κ3) is 2.72. The van der Waals surface area contributed by atoms with Gasteiger partial charge < -0.3 is 4.90 Å². The van der Waals surface area contributed by atoms with Crippen LogP contribution in [0.3, 0.4) is 0 Å². The molecule has 6 heteroatoms. The number of carbonyl (C=O) groups is 1. The number of rotatable bonds is 2. The third-order valence-electron chi connectivity index (χ3n) is 5.50. The Labute approximate surface area is 162 Å². The van der Waals surface area contributed by atoms with Gasteiger partial charge in [0.25, 0.3) is 5.91 Å². The first-order valence-corrected chi connectivity index (χ1v) is 9.67. The fourth-order valence-electron chi connectivity index (χ4n) is 4.19. The van der Waals surface area contributed by atoms with Crippen molar-refractivity contribution >= 4 is 22.2 Å². The van der Waals surface area contributed by atoms with E-state index in [2.05, 4.69) is 9.97 Å². The summed E-state index contributed by atoms with van der Waals surface area (Å²) in [5.41, 5.74) is 2.45. The SMILES string of the molecule is Cc1cc2cncn2c([C@@H]2CCCCN2C(=O)c2nccc3ccccc23)n1. The molecular formula is C22H21N5O. The van der Waals surface area contributed by atoms with Crippen molar-refractivity contribution in [2.75, 3.05) is 6.54 Å². The van der Waals surface area contributed by atoms with Crippen LogP contribution in [0.2, 0.25) is 0 Å². The lowest BCUT2D eigenvalue weighted by Crippen LogP contribution is -2.40. The van der Waals surface area contributed by atoms with E-state index in [0.29, 0.717) is 12.2 Å². The van der Waals surface area contributed by atoms with Crippen LogP contribution in [0.4, 0.5) is 0 Å². The first kappa shape index (κ1) is 16.9. The Morgan fingerprint density at radius 2 is 2.07 bits per heavy atom. The second-order valence-corrected chi connectivity index (χ2v) is 7.34. The Balaban J connectivity index is 1.61. The Kier molecular flexibility index (Phi) is 4.04. The van der Waals surface area contributed by atoms with Crippen LogP contribution in [0.25, 0.3) is 16.3 Å². The molecule has 1 saturated heterocycles. The van der Waals surface area contributed by atoms with Crippen LogP contribution >= 0.6 is 0 Å². The van der Waals surface area contributed by atoms with Gasteiger partial charge >= 0.3 is 0 Å². The Hall–Kier alpha value is -3.28. The highest BCUT2D eigenvalue weighted by atomic mass is 16.2. The van der Waals surface area contributed by atoms with Crippen molar-refractivity contribution in [2.45, 2.75) is 32.2 Å². The number of piperidine rings is 1. The highest BCUT2D eigenvalue weighted by Gasteiger charge is 2.32. The lowest BCUT2D eigenvalue weighted by molar-refractivity contribution is 0.0594. The molecule has 0 unspecified atom stereocenters. The number of nitrogens with zero attached hydrogens (tertiary/aromatic N) is 5. The van der Waals surface area contributed by atoms with Crippen LogP contribution in [-0.4, -0.2) is 36.7 Å². The zero-order valence-corrected chi connectivity index (χ0v) is 15.7. The number of fused-ring (bicyclic) bond motifs is 2. The van der Waals surface area contributed by atoms with Gasteiger partial charge in [0.05, 0.1) is 17.8 Å². The second kappa shape index (κ2) is 6.71. The summed E-state index contributed by atoms with van der Waals surface area (Å²) in [6.45, 7) is 2.69. The Bertz CT molecular complexity index is 1180. The maximum Gasteiger partial charge on any atom is 0.273 e. The zero-order valence-electron chi connectivity index (χ0n) is 15.7. The van der Waals surface area contributed by atoms with Crippen LogP contribution in [0.5, 0.6) is 0 Å². The van der Waals surface area contributed by atoms with E-state index in [1.54, 1.807) is 12.5 Å². The molecule has 4 heterocycles. The lowest BCUT2D eigenvalue weighted by atomic mass is 9.99. The highest BCUT2D eigenvalue weighted by molar-refractivity contribution is 6.05. The van der Waals surface area contributed by atoms with E-state index in [4.69, 9.17) is 4.98 Å². The molecule has 0 N–H and O–H groups in total. The van der Waals surface area contributed by atoms with Gasteiger partial charge in [0, 0.05) is 23.8 Å². The number of benzene rings is 1. The van der Waals surface area contributed by atoms with Crippen molar-refractivity contribution < 1.29 is 4.79 Å². The molecule has 1 fully saturated rings. The van der Waals surface area contributed by atoms with Crippen molar-refractivity contribution in [3.05, 3.63) is 72.3 Å². The van der Waals surface area contributed by atoms with E-state index < -0.39 is 0 Å². The first-order valence-electron chi connectivity index (χ1n) is 9.67. The molecule has 0 bridgehead atoms. The van der Waals surface area contributed by atoms with E-state index in [1.807, 2.05) is 58.8 Å². The van der Waals surface area contributed by atoms with Gasteiger partial charge in [-0.05, 0) is 43.7 Å². The summed E-state index contributed by atoms with van der Waals surface area (Å²) in [6.07, 6.45) is 8.28. The maximum atomic E-state index is 13.6. The molecule has 6 nitrogen and oxygen atoms in total. The molecule has 140 valence electrons. The highest BCUT2D eigenvalue weighted by Crippen LogP contribution is 2.32. The van der Waals surface area contributed by atoms with E-state index in [1.165, 1.54) is 0 Å². The fraction of sp³-hybridized carbons (Fsp3) is 0.273. The van der Waals surface area contributed by atoms with Crippen molar-refractivity contribution in [3.8, 4) is 0 Å². The summed E-state index contributed by atoms with van der Waals surface area (Å²) in [4.78, 5) is 29.0. The van der Waals surface area contributed by atoms with Gasteiger partial charge in [-0.1, -0.05) is 24.3 Å². The second-order valence-electron chi connectivity index (χ2n) is 7.34. The molecule has 1 atom stereocenters. The van der Waals surface area contributed by atoms with Crippen LogP contribution in [0.1, 0.15) is 47.3 Å².